The third-order valence-electron chi connectivity index (χ3n) is 8.51. The molecule has 0 spiro atoms. The van der Waals surface area contributed by atoms with Crippen molar-refractivity contribution >= 4 is 17.4 Å². The van der Waals surface area contributed by atoms with E-state index < -0.39 is 11.6 Å². The van der Waals surface area contributed by atoms with Gasteiger partial charge in [-0.25, -0.2) is 4.98 Å². The number of carbonyl (C=O) groups is 1. The highest BCUT2D eigenvalue weighted by Crippen LogP contribution is 2.37. The van der Waals surface area contributed by atoms with Gasteiger partial charge in [0.2, 0.25) is 0 Å². The molecule has 0 saturated carbocycles. The molecule has 2 aromatic carbocycles. The van der Waals surface area contributed by atoms with Gasteiger partial charge in [0, 0.05) is 48.1 Å². The largest absolute Gasteiger partial charge is 0.493 e. The minimum Gasteiger partial charge on any atom is -0.493 e. The third kappa shape index (κ3) is 9.35. The number of aromatic nitrogens is 3. The van der Waals surface area contributed by atoms with E-state index in [-0.39, 0.29) is 12.0 Å². The molecule has 0 radical (unpaired) electrons. The highest BCUT2D eigenvalue weighted by molar-refractivity contribution is 5.79. The number of hydrogen-bond acceptors (Lipinski definition) is 7. The molecule has 7 rings (SSSR count). The highest BCUT2D eigenvalue weighted by atomic mass is 16.5. The summed E-state index contributed by atoms with van der Waals surface area (Å²) in [6.45, 7) is 18.4. The molecule has 9 nitrogen and oxygen atoms in total. The van der Waals surface area contributed by atoms with E-state index >= 15 is 0 Å². The van der Waals surface area contributed by atoms with E-state index in [1.165, 1.54) is 0 Å². The van der Waals surface area contributed by atoms with Gasteiger partial charge < -0.3 is 24.6 Å². The minimum absolute atomic E-state index is 0.102. The summed E-state index contributed by atoms with van der Waals surface area (Å²) in [6, 6.07) is 16.6. The van der Waals surface area contributed by atoms with E-state index in [9.17, 15) is 9.90 Å². The number of fused-ring (bicyclic) bond motifs is 8. The number of benzene rings is 2. The Morgan fingerprint density at radius 1 is 0.958 bits per heavy atom. The summed E-state index contributed by atoms with van der Waals surface area (Å²) in [6.07, 6.45) is 4.63. The molecule has 260 valence electrons. The Hall–Kier alpha value is -3.95. The third-order valence-corrected chi connectivity index (χ3v) is 8.51. The van der Waals surface area contributed by atoms with E-state index in [1.807, 2.05) is 43.5 Å². The molecule has 6 bridgehead atoms. The van der Waals surface area contributed by atoms with Crippen molar-refractivity contribution in [2.24, 2.45) is 0 Å². The zero-order valence-electron chi connectivity index (χ0n) is 30.1. The molecule has 2 aromatic heterocycles. The first-order valence-corrected chi connectivity index (χ1v) is 17.4. The zero-order valence-corrected chi connectivity index (χ0v) is 30.1. The van der Waals surface area contributed by atoms with Crippen molar-refractivity contribution in [2.45, 2.75) is 105 Å². The van der Waals surface area contributed by atoms with Gasteiger partial charge in [-0.15, -0.1) is 0 Å². The Balaban J connectivity index is 0.000000682. The summed E-state index contributed by atoms with van der Waals surface area (Å²) in [5.41, 5.74) is 6.52. The fraction of sp³-hybridized carbons (Fsp3) is 0.513. The number of piperidine rings is 1. The van der Waals surface area contributed by atoms with Crippen molar-refractivity contribution in [1.82, 2.24) is 14.6 Å². The molecule has 1 saturated heterocycles. The standard InChI is InChI=1S/C33H38N4O4.C4H10O.C2H6/c1-22-9-7-12-28-31(22)25-11-8-10-24(19-25)27-21-29-34-23(2)26(20-30(38)39)32(37(29)35-27)36-15-13-33(3,14-16-36)41-18-6-4-5-17-40-28;1-4(2,3)5;1-2/h7-12,19,21H,4-6,13-18,20H2,1-3H3,(H,38,39);5H,1-3H3;1-2H3. The molecule has 48 heavy (non-hydrogen) atoms. The summed E-state index contributed by atoms with van der Waals surface area (Å²) in [5, 5.41) is 23.3. The van der Waals surface area contributed by atoms with Gasteiger partial charge in [0.05, 0.1) is 29.9 Å². The monoisotopic (exact) mass is 658 g/mol. The van der Waals surface area contributed by atoms with Crippen molar-refractivity contribution in [3.8, 4) is 28.1 Å². The second kappa shape index (κ2) is 16.0. The Labute approximate surface area is 285 Å². The molecule has 0 aliphatic carbocycles. The molecule has 9 heteroatoms. The van der Waals surface area contributed by atoms with Crippen LogP contribution in [0.1, 0.15) is 90.5 Å². The Morgan fingerprint density at radius 2 is 1.60 bits per heavy atom. The molecular weight excluding hydrogens is 604 g/mol. The number of ether oxygens (including phenoxy) is 2. The highest BCUT2D eigenvalue weighted by Gasteiger charge is 2.33. The van der Waals surface area contributed by atoms with Gasteiger partial charge in [0.15, 0.2) is 5.65 Å². The molecular formula is C39H54N4O5. The van der Waals surface area contributed by atoms with Gasteiger partial charge in [-0.1, -0.05) is 44.2 Å². The van der Waals surface area contributed by atoms with Crippen molar-refractivity contribution in [2.75, 3.05) is 31.2 Å². The number of nitrogens with zero attached hydrogens (tertiary/aromatic N) is 4. The fourth-order valence-corrected chi connectivity index (χ4v) is 6.14. The van der Waals surface area contributed by atoms with E-state index in [0.29, 0.717) is 17.8 Å². The molecule has 0 atom stereocenters. The quantitative estimate of drug-likeness (QED) is 0.223. The van der Waals surface area contributed by atoms with Crippen LogP contribution in [0.3, 0.4) is 0 Å². The lowest BCUT2D eigenvalue weighted by Gasteiger charge is -2.41. The number of rotatable bonds is 2. The lowest BCUT2D eigenvalue weighted by molar-refractivity contribution is -0.136. The summed E-state index contributed by atoms with van der Waals surface area (Å²) >= 11 is 0. The topological polar surface area (TPSA) is 109 Å². The van der Waals surface area contributed by atoms with Gasteiger partial charge in [0.1, 0.15) is 11.6 Å². The summed E-state index contributed by atoms with van der Waals surface area (Å²) in [5.74, 6) is 0.833. The molecule has 0 amide bonds. The first-order valence-electron chi connectivity index (χ1n) is 17.4. The van der Waals surface area contributed by atoms with Crippen LogP contribution in [0.25, 0.3) is 28.0 Å². The van der Waals surface area contributed by atoms with Crippen LogP contribution in [0.15, 0.2) is 48.5 Å². The van der Waals surface area contributed by atoms with Crippen LogP contribution in [0.2, 0.25) is 0 Å². The molecule has 3 aliphatic heterocycles. The van der Waals surface area contributed by atoms with Crippen LogP contribution < -0.4 is 9.64 Å². The van der Waals surface area contributed by atoms with Gasteiger partial charge in [-0.05, 0) is 96.9 Å². The second-order valence-electron chi connectivity index (χ2n) is 13.8. The Morgan fingerprint density at radius 3 is 2.29 bits per heavy atom. The first kappa shape index (κ1) is 36.9. The average molecular weight is 659 g/mol. The van der Waals surface area contributed by atoms with Crippen molar-refractivity contribution in [1.29, 1.82) is 0 Å². The van der Waals surface area contributed by atoms with E-state index in [4.69, 9.17) is 24.7 Å². The summed E-state index contributed by atoms with van der Waals surface area (Å²) < 4.78 is 14.6. The molecule has 3 aliphatic rings. The van der Waals surface area contributed by atoms with Crippen LogP contribution in [0, 0.1) is 13.8 Å². The number of carboxylic acids is 1. The number of aliphatic hydroxyl groups is 1. The SMILES string of the molecule is CC.CC(C)(C)O.Cc1cccc2c1-c1cccc(c1)-c1cc3nc(C)c(CC(=O)O)c(n3n1)N1CCC(C)(CC1)OCCCCCO2. The summed E-state index contributed by atoms with van der Waals surface area (Å²) in [7, 11) is 0. The maximum atomic E-state index is 11.9. The number of anilines is 1. The van der Waals surface area contributed by atoms with Crippen LogP contribution >= 0.6 is 0 Å². The van der Waals surface area contributed by atoms with Gasteiger partial charge >= 0.3 is 5.97 Å². The number of hydrogen-bond donors (Lipinski definition) is 2. The molecule has 0 unspecified atom stereocenters. The van der Waals surface area contributed by atoms with E-state index in [1.54, 1.807) is 20.8 Å². The van der Waals surface area contributed by atoms with Crippen LogP contribution in [-0.2, 0) is 16.0 Å². The van der Waals surface area contributed by atoms with E-state index in [2.05, 4.69) is 49.1 Å². The normalized spacial score (nSPS) is 16.1. The predicted molar refractivity (Wildman–Crippen MR) is 193 cm³/mol. The lowest BCUT2D eigenvalue weighted by atomic mass is 9.92. The molecule has 4 aromatic rings. The average Bonchev–Trinajstić information content (AvgIpc) is 3.45. The van der Waals surface area contributed by atoms with Crippen LogP contribution in [-0.4, -0.2) is 68.3 Å². The Bertz CT molecular complexity index is 1680. The number of carboxylic acid groups (broad SMARTS) is 1. The molecule has 1 fully saturated rings. The predicted octanol–water partition coefficient (Wildman–Crippen LogP) is 8.05. The zero-order chi connectivity index (χ0) is 35.1. The smallest absolute Gasteiger partial charge is 0.308 e. The van der Waals surface area contributed by atoms with Gasteiger partial charge in [-0.3, -0.25) is 4.79 Å². The van der Waals surface area contributed by atoms with Gasteiger partial charge in [0.25, 0.3) is 0 Å². The van der Waals surface area contributed by atoms with E-state index in [0.717, 1.165) is 97.0 Å². The first-order chi connectivity index (χ1) is 22.8. The maximum absolute atomic E-state index is 11.9. The van der Waals surface area contributed by atoms with Crippen molar-refractivity contribution < 1.29 is 24.5 Å². The van der Waals surface area contributed by atoms with Crippen LogP contribution in [0.4, 0.5) is 5.82 Å². The lowest BCUT2D eigenvalue weighted by Crippen LogP contribution is -2.45. The number of aryl methyl sites for hydroxylation is 2. The van der Waals surface area contributed by atoms with Crippen molar-refractivity contribution in [3.63, 3.8) is 0 Å². The number of aliphatic carboxylic acids is 1. The van der Waals surface area contributed by atoms with Crippen LogP contribution in [0.5, 0.6) is 5.75 Å². The van der Waals surface area contributed by atoms with Gasteiger partial charge in [-0.2, -0.15) is 9.61 Å². The fourth-order valence-electron chi connectivity index (χ4n) is 6.14. The Kier molecular flexibility index (Phi) is 12.3. The van der Waals surface area contributed by atoms with Crippen molar-refractivity contribution in [3.05, 3.63) is 65.4 Å². The maximum Gasteiger partial charge on any atom is 0.308 e. The second-order valence-corrected chi connectivity index (χ2v) is 13.8. The molecule has 5 heterocycles. The molecule has 2 N–H and O–H groups in total. The summed E-state index contributed by atoms with van der Waals surface area (Å²) in [4.78, 5) is 19.0. The minimum atomic E-state index is -0.876.